The molecule has 5 fully saturated rings. The van der Waals surface area contributed by atoms with Crippen LogP contribution < -0.4 is 0 Å². The van der Waals surface area contributed by atoms with Gasteiger partial charge >= 0.3 is 0 Å². The number of carbonyl (C=O) groups excluding carboxylic acids is 1. The number of hydrogen-bond donors (Lipinski definition) is 1. The summed E-state index contributed by atoms with van der Waals surface area (Å²) in [5.41, 5.74) is 1.48. The molecular formula is C30H50O2. The molecule has 0 amide bonds. The normalized spacial score (nSPS) is 56.4. The van der Waals surface area contributed by atoms with Crippen LogP contribution in [0.15, 0.2) is 0 Å². The topological polar surface area (TPSA) is 37.3 Å². The lowest BCUT2D eigenvalue weighted by atomic mass is 9.32. The Balaban J connectivity index is 1.53. The van der Waals surface area contributed by atoms with E-state index in [-0.39, 0.29) is 11.2 Å². The van der Waals surface area contributed by atoms with Crippen molar-refractivity contribution < 1.29 is 9.90 Å². The van der Waals surface area contributed by atoms with Crippen molar-refractivity contribution in [1.82, 2.24) is 0 Å². The predicted octanol–water partition coefficient (Wildman–Crippen LogP) is 7.43. The summed E-state index contributed by atoms with van der Waals surface area (Å²) in [5, 5.41) is 10.9. The van der Waals surface area contributed by atoms with Crippen LogP contribution in [0.2, 0.25) is 0 Å². The van der Waals surface area contributed by atoms with E-state index in [1.807, 2.05) is 0 Å². The average molecular weight is 443 g/mol. The standard InChI is InChI=1S/C30H50O2/c1-25(2)15-16-27(5)12-9-21-28(6)13-10-20-26(3,4)24(32)19(31)17-30(20,8)22(28)11-14-29(21,7)23(27)18-25/h19-23,31H,9-18H2,1-8H3/t19-,20+,21+,22-,23-,27+,28+,29-,30+/m0/s1. The zero-order chi connectivity index (χ0) is 23.5. The minimum absolute atomic E-state index is 0.0811. The second kappa shape index (κ2) is 6.64. The summed E-state index contributed by atoms with van der Waals surface area (Å²) in [6.07, 6.45) is 12.0. The Morgan fingerprint density at radius 1 is 0.625 bits per heavy atom. The number of fused-ring (bicyclic) bond motifs is 7. The van der Waals surface area contributed by atoms with Crippen molar-refractivity contribution in [3.8, 4) is 0 Å². The second-order valence-corrected chi connectivity index (χ2v) is 15.7. The number of aliphatic hydroxyl groups excluding tert-OH is 1. The summed E-state index contributed by atoms with van der Waals surface area (Å²) in [6.45, 7) is 19.7. The van der Waals surface area contributed by atoms with Crippen molar-refractivity contribution in [2.75, 3.05) is 0 Å². The van der Waals surface area contributed by atoms with Gasteiger partial charge in [-0.05, 0) is 115 Å². The van der Waals surface area contributed by atoms with Gasteiger partial charge in [-0.25, -0.2) is 0 Å². The molecule has 5 aliphatic rings. The van der Waals surface area contributed by atoms with E-state index in [4.69, 9.17) is 0 Å². The molecule has 182 valence electrons. The van der Waals surface area contributed by atoms with Crippen molar-refractivity contribution in [1.29, 1.82) is 0 Å². The van der Waals surface area contributed by atoms with E-state index in [0.717, 1.165) is 18.3 Å². The molecule has 0 radical (unpaired) electrons. The lowest BCUT2D eigenvalue weighted by molar-refractivity contribution is -0.238. The Morgan fingerprint density at radius 3 is 1.81 bits per heavy atom. The van der Waals surface area contributed by atoms with Crippen molar-refractivity contribution in [3.63, 3.8) is 0 Å². The zero-order valence-electron chi connectivity index (χ0n) is 22.3. The average Bonchev–Trinajstić information content (AvgIpc) is 2.67. The van der Waals surface area contributed by atoms with Crippen LogP contribution in [-0.4, -0.2) is 17.0 Å². The van der Waals surface area contributed by atoms with Gasteiger partial charge in [0, 0.05) is 5.41 Å². The summed E-state index contributed by atoms with van der Waals surface area (Å²) in [4.78, 5) is 13.0. The van der Waals surface area contributed by atoms with Gasteiger partial charge in [0.05, 0.1) is 0 Å². The Bertz CT molecular complexity index is 812. The van der Waals surface area contributed by atoms with Crippen LogP contribution in [-0.2, 0) is 4.79 Å². The maximum Gasteiger partial charge on any atom is 0.167 e. The van der Waals surface area contributed by atoms with Crippen molar-refractivity contribution >= 4 is 5.78 Å². The van der Waals surface area contributed by atoms with Gasteiger partial charge in [-0.3, -0.25) is 4.79 Å². The van der Waals surface area contributed by atoms with Crippen LogP contribution >= 0.6 is 0 Å². The molecule has 0 aromatic carbocycles. The summed E-state index contributed by atoms with van der Waals surface area (Å²) >= 11 is 0. The molecule has 2 heteroatoms. The number of hydrogen-bond acceptors (Lipinski definition) is 2. The monoisotopic (exact) mass is 442 g/mol. The first-order chi connectivity index (χ1) is 14.6. The molecule has 0 heterocycles. The third-order valence-corrected chi connectivity index (χ3v) is 13.1. The van der Waals surface area contributed by atoms with Crippen molar-refractivity contribution in [2.24, 2.45) is 56.2 Å². The SMILES string of the molecule is CC1(C)CC[C@@]2(C)CC[C@@H]3[C@@]4(C)CC[C@@H]5C(C)(C)C(=O)[C@@H](O)C[C@@]5(C)[C@H]4CC[C@]3(C)[C@H]2C1. The van der Waals surface area contributed by atoms with Gasteiger partial charge in [-0.1, -0.05) is 55.4 Å². The number of Topliss-reactive ketones (excluding diaryl/α,β-unsaturated/α-hetero) is 1. The number of carbonyl (C=O) groups is 1. The molecule has 0 spiro atoms. The van der Waals surface area contributed by atoms with Crippen LogP contribution in [0.5, 0.6) is 0 Å². The Kier molecular flexibility index (Phi) is 4.85. The molecule has 0 aliphatic heterocycles. The first-order valence-corrected chi connectivity index (χ1v) is 13.8. The Morgan fingerprint density at radius 2 is 1.16 bits per heavy atom. The number of rotatable bonds is 0. The Hall–Kier alpha value is -0.370. The van der Waals surface area contributed by atoms with Gasteiger partial charge in [0.25, 0.3) is 0 Å². The molecule has 5 rings (SSSR count). The maximum atomic E-state index is 13.0. The summed E-state index contributed by atoms with van der Waals surface area (Å²) in [5.74, 6) is 2.78. The first-order valence-electron chi connectivity index (χ1n) is 13.8. The second-order valence-electron chi connectivity index (χ2n) is 15.7. The molecule has 5 saturated carbocycles. The van der Waals surface area contributed by atoms with E-state index < -0.39 is 11.5 Å². The summed E-state index contributed by atoms with van der Waals surface area (Å²) in [6, 6.07) is 0. The van der Waals surface area contributed by atoms with E-state index >= 15 is 0 Å². The maximum absolute atomic E-state index is 13.0. The lowest BCUT2D eigenvalue weighted by Gasteiger charge is -2.72. The highest BCUT2D eigenvalue weighted by molar-refractivity contribution is 5.89. The van der Waals surface area contributed by atoms with Gasteiger partial charge in [0.2, 0.25) is 0 Å². The van der Waals surface area contributed by atoms with E-state index in [2.05, 4.69) is 55.4 Å². The minimum atomic E-state index is -0.768. The third-order valence-electron chi connectivity index (χ3n) is 13.1. The summed E-state index contributed by atoms with van der Waals surface area (Å²) in [7, 11) is 0. The lowest BCUT2D eigenvalue weighted by Crippen LogP contribution is -2.67. The minimum Gasteiger partial charge on any atom is -0.385 e. The molecule has 0 aromatic rings. The molecular weight excluding hydrogens is 392 g/mol. The van der Waals surface area contributed by atoms with Gasteiger partial charge in [-0.2, -0.15) is 0 Å². The molecule has 1 N–H and O–H groups in total. The highest BCUT2D eigenvalue weighted by Crippen LogP contribution is 2.76. The highest BCUT2D eigenvalue weighted by atomic mass is 16.3. The third kappa shape index (κ3) is 2.83. The smallest absolute Gasteiger partial charge is 0.167 e. The van der Waals surface area contributed by atoms with E-state index in [1.54, 1.807) is 0 Å². The fourth-order valence-electron chi connectivity index (χ4n) is 11.6. The van der Waals surface area contributed by atoms with Gasteiger partial charge in [0.1, 0.15) is 6.10 Å². The quantitative estimate of drug-likeness (QED) is 0.423. The predicted molar refractivity (Wildman–Crippen MR) is 131 cm³/mol. The molecule has 0 aromatic heterocycles. The summed E-state index contributed by atoms with van der Waals surface area (Å²) < 4.78 is 0. The molecule has 0 unspecified atom stereocenters. The molecule has 2 nitrogen and oxygen atoms in total. The number of ketones is 1. The molecule has 0 bridgehead atoms. The number of aliphatic hydroxyl groups is 1. The Labute approximate surface area is 197 Å². The van der Waals surface area contributed by atoms with Gasteiger partial charge in [0.15, 0.2) is 5.78 Å². The fraction of sp³-hybridized carbons (Fsp3) is 0.967. The van der Waals surface area contributed by atoms with E-state index in [1.165, 1.54) is 51.4 Å². The molecule has 9 atom stereocenters. The van der Waals surface area contributed by atoms with Crippen LogP contribution in [0.3, 0.4) is 0 Å². The zero-order valence-corrected chi connectivity index (χ0v) is 22.3. The van der Waals surface area contributed by atoms with Crippen LogP contribution in [0.4, 0.5) is 0 Å². The van der Waals surface area contributed by atoms with E-state index in [0.29, 0.717) is 39.9 Å². The first kappa shape index (κ1) is 23.4. The molecule has 0 saturated heterocycles. The van der Waals surface area contributed by atoms with Gasteiger partial charge in [-0.15, -0.1) is 0 Å². The largest absolute Gasteiger partial charge is 0.385 e. The van der Waals surface area contributed by atoms with Crippen LogP contribution in [0.25, 0.3) is 0 Å². The van der Waals surface area contributed by atoms with Crippen LogP contribution in [0, 0.1) is 56.2 Å². The van der Waals surface area contributed by atoms with Crippen LogP contribution in [0.1, 0.15) is 120 Å². The van der Waals surface area contributed by atoms with Crippen molar-refractivity contribution in [3.05, 3.63) is 0 Å². The van der Waals surface area contributed by atoms with E-state index in [9.17, 15) is 9.90 Å². The van der Waals surface area contributed by atoms with Gasteiger partial charge < -0.3 is 5.11 Å². The molecule has 32 heavy (non-hydrogen) atoms. The highest BCUT2D eigenvalue weighted by Gasteiger charge is 2.69. The van der Waals surface area contributed by atoms with Crippen molar-refractivity contribution in [2.45, 2.75) is 126 Å². The fourth-order valence-corrected chi connectivity index (χ4v) is 11.6. The molecule has 5 aliphatic carbocycles.